The van der Waals surface area contributed by atoms with Crippen LogP contribution in [-0.4, -0.2) is 9.97 Å². The first-order valence-electron chi connectivity index (χ1n) is 6.77. The molecule has 0 aliphatic carbocycles. The molecule has 1 aromatic carbocycles. The van der Waals surface area contributed by atoms with E-state index in [0.717, 1.165) is 28.3 Å². The van der Waals surface area contributed by atoms with E-state index in [0.29, 0.717) is 17.6 Å². The minimum Gasteiger partial charge on any atom is -0.439 e. The molecule has 0 aliphatic rings. The SMILES string of the molecule is Cc1cc(Oc2cc(C)c(N)cc2C(C)C)nc(C)n1. The maximum Gasteiger partial charge on any atom is 0.222 e. The predicted octanol–water partition coefficient (Wildman–Crippen LogP) is 3.90. The van der Waals surface area contributed by atoms with E-state index in [1.165, 1.54) is 0 Å². The van der Waals surface area contributed by atoms with Gasteiger partial charge >= 0.3 is 0 Å². The largest absolute Gasteiger partial charge is 0.439 e. The molecular formula is C16H21N3O. The van der Waals surface area contributed by atoms with Crippen LogP contribution >= 0.6 is 0 Å². The molecule has 0 saturated carbocycles. The highest BCUT2D eigenvalue weighted by molar-refractivity contribution is 5.55. The van der Waals surface area contributed by atoms with Crippen molar-refractivity contribution in [2.24, 2.45) is 0 Å². The molecule has 1 aromatic heterocycles. The molecule has 4 nitrogen and oxygen atoms in total. The molecule has 0 spiro atoms. The zero-order valence-corrected chi connectivity index (χ0v) is 12.7. The van der Waals surface area contributed by atoms with Crippen molar-refractivity contribution in [2.75, 3.05) is 5.73 Å². The van der Waals surface area contributed by atoms with Crippen molar-refractivity contribution in [1.82, 2.24) is 9.97 Å². The van der Waals surface area contributed by atoms with Crippen LogP contribution < -0.4 is 10.5 Å². The first-order chi connectivity index (χ1) is 9.36. The molecule has 0 amide bonds. The van der Waals surface area contributed by atoms with Gasteiger partial charge in [0.1, 0.15) is 11.6 Å². The lowest BCUT2D eigenvalue weighted by atomic mass is 9.99. The van der Waals surface area contributed by atoms with Crippen molar-refractivity contribution in [3.8, 4) is 11.6 Å². The zero-order valence-electron chi connectivity index (χ0n) is 12.7. The first-order valence-corrected chi connectivity index (χ1v) is 6.77. The molecule has 1 heterocycles. The quantitative estimate of drug-likeness (QED) is 0.860. The number of benzene rings is 1. The average molecular weight is 271 g/mol. The maximum atomic E-state index is 5.99. The van der Waals surface area contributed by atoms with Crippen molar-refractivity contribution in [2.45, 2.75) is 40.5 Å². The van der Waals surface area contributed by atoms with Gasteiger partial charge in [0.05, 0.1) is 0 Å². The molecule has 0 radical (unpaired) electrons. The number of nitrogens with two attached hydrogens (primary N) is 1. The van der Waals surface area contributed by atoms with Gasteiger partial charge in [0.15, 0.2) is 0 Å². The van der Waals surface area contributed by atoms with Crippen LogP contribution in [0.15, 0.2) is 18.2 Å². The monoisotopic (exact) mass is 271 g/mol. The first kappa shape index (κ1) is 14.3. The molecule has 0 bridgehead atoms. The minimum absolute atomic E-state index is 0.330. The van der Waals surface area contributed by atoms with E-state index in [1.54, 1.807) is 0 Å². The molecule has 4 heteroatoms. The molecule has 0 fully saturated rings. The van der Waals surface area contributed by atoms with Gasteiger partial charge in [0, 0.05) is 17.4 Å². The minimum atomic E-state index is 0.330. The lowest BCUT2D eigenvalue weighted by Gasteiger charge is -2.16. The van der Waals surface area contributed by atoms with Crippen molar-refractivity contribution < 1.29 is 4.74 Å². The molecule has 2 rings (SSSR count). The van der Waals surface area contributed by atoms with Crippen LogP contribution in [-0.2, 0) is 0 Å². The molecule has 0 atom stereocenters. The van der Waals surface area contributed by atoms with E-state index < -0.39 is 0 Å². The Morgan fingerprint density at radius 3 is 2.35 bits per heavy atom. The summed E-state index contributed by atoms with van der Waals surface area (Å²) in [5, 5.41) is 0. The number of nitrogen functional groups attached to an aromatic ring is 1. The normalized spacial score (nSPS) is 10.9. The smallest absolute Gasteiger partial charge is 0.222 e. The predicted molar refractivity (Wildman–Crippen MR) is 81.3 cm³/mol. The molecular weight excluding hydrogens is 250 g/mol. The molecule has 0 unspecified atom stereocenters. The number of anilines is 1. The van der Waals surface area contributed by atoms with Gasteiger partial charge in [-0.1, -0.05) is 13.8 Å². The van der Waals surface area contributed by atoms with Crippen LogP contribution in [0.4, 0.5) is 5.69 Å². The number of ether oxygens (including phenoxy) is 1. The van der Waals surface area contributed by atoms with Gasteiger partial charge < -0.3 is 10.5 Å². The summed E-state index contributed by atoms with van der Waals surface area (Å²) in [5.74, 6) is 2.42. The Morgan fingerprint density at radius 2 is 1.75 bits per heavy atom. The molecule has 0 aliphatic heterocycles. The second kappa shape index (κ2) is 5.49. The third-order valence-electron chi connectivity index (χ3n) is 3.18. The number of aryl methyl sites for hydroxylation is 3. The molecule has 0 saturated heterocycles. The van der Waals surface area contributed by atoms with Gasteiger partial charge in [-0.2, -0.15) is 4.98 Å². The van der Waals surface area contributed by atoms with Gasteiger partial charge in [-0.25, -0.2) is 4.98 Å². The Hall–Kier alpha value is -2.10. The number of hydrogen-bond acceptors (Lipinski definition) is 4. The zero-order chi connectivity index (χ0) is 14.9. The highest BCUT2D eigenvalue weighted by Crippen LogP contribution is 2.33. The standard InChI is InChI=1S/C16H21N3O/c1-9(2)13-8-14(17)10(3)6-15(13)20-16-7-11(4)18-12(5)19-16/h6-9H,17H2,1-5H3. The van der Waals surface area contributed by atoms with Crippen molar-refractivity contribution in [3.63, 3.8) is 0 Å². The van der Waals surface area contributed by atoms with Gasteiger partial charge in [-0.15, -0.1) is 0 Å². The Kier molecular flexibility index (Phi) is 3.93. The lowest BCUT2D eigenvalue weighted by Crippen LogP contribution is -2.01. The lowest BCUT2D eigenvalue weighted by molar-refractivity contribution is 0.450. The van der Waals surface area contributed by atoms with Crippen LogP contribution in [0.2, 0.25) is 0 Å². The van der Waals surface area contributed by atoms with E-state index in [1.807, 2.05) is 39.0 Å². The molecule has 20 heavy (non-hydrogen) atoms. The number of aromatic nitrogens is 2. The Morgan fingerprint density at radius 1 is 1.05 bits per heavy atom. The highest BCUT2D eigenvalue weighted by atomic mass is 16.5. The highest BCUT2D eigenvalue weighted by Gasteiger charge is 2.12. The van der Waals surface area contributed by atoms with E-state index in [2.05, 4.69) is 23.8 Å². The topological polar surface area (TPSA) is 61.0 Å². The van der Waals surface area contributed by atoms with Crippen LogP contribution in [0, 0.1) is 20.8 Å². The summed E-state index contributed by atoms with van der Waals surface area (Å²) in [6.07, 6.45) is 0. The average Bonchev–Trinajstić information content (AvgIpc) is 2.31. The van der Waals surface area contributed by atoms with E-state index in [4.69, 9.17) is 10.5 Å². The Balaban J connectivity index is 2.44. The van der Waals surface area contributed by atoms with Crippen LogP contribution in [0.3, 0.4) is 0 Å². The van der Waals surface area contributed by atoms with E-state index in [9.17, 15) is 0 Å². The summed E-state index contributed by atoms with van der Waals surface area (Å²) in [5.41, 5.74) is 9.76. The molecule has 106 valence electrons. The molecule has 2 N–H and O–H groups in total. The van der Waals surface area contributed by atoms with Gasteiger partial charge in [-0.05, 0) is 49.9 Å². The van der Waals surface area contributed by atoms with E-state index >= 15 is 0 Å². The van der Waals surface area contributed by atoms with Crippen LogP contribution in [0.1, 0.15) is 42.4 Å². The summed E-state index contributed by atoms with van der Waals surface area (Å²) in [6, 6.07) is 5.79. The number of rotatable bonds is 3. The van der Waals surface area contributed by atoms with E-state index in [-0.39, 0.29) is 0 Å². The van der Waals surface area contributed by atoms with Crippen molar-refractivity contribution in [3.05, 3.63) is 40.8 Å². The third kappa shape index (κ3) is 3.07. The van der Waals surface area contributed by atoms with Crippen LogP contribution in [0.25, 0.3) is 0 Å². The summed E-state index contributed by atoms with van der Waals surface area (Å²) >= 11 is 0. The second-order valence-corrected chi connectivity index (χ2v) is 5.40. The van der Waals surface area contributed by atoms with Crippen molar-refractivity contribution in [1.29, 1.82) is 0 Å². The second-order valence-electron chi connectivity index (χ2n) is 5.40. The Labute approximate surface area is 120 Å². The fourth-order valence-corrected chi connectivity index (χ4v) is 2.10. The maximum absolute atomic E-state index is 5.99. The van der Waals surface area contributed by atoms with Gasteiger partial charge in [-0.3, -0.25) is 0 Å². The number of hydrogen-bond donors (Lipinski definition) is 1. The third-order valence-corrected chi connectivity index (χ3v) is 3.18. The van der Waals surface area contributed by atoms with Crippen molar-refractivity contribution >= 4 is 5.69 Å². The fraction of sp³-hybridized carbons (Fsp3) is 0.375. The molecule has 2 aromatic rings. The van der Waals surface area contributed by atoms with Crippen LogP contribution in [0.5, 0.6) is 11.6 Å². The van der Waals surface area contributed by atoms with Gasteiger partial charge in [0.2, 0.25) is 5.88 Å². The summed E-state index contributed by atoms with van der Waals surface area (Å²) in [7, 11) is 0. The fourth-order valence-electron chi connectivity index (χ4n) is 2.10. The summed E-state index contributed by atoms with van der Waals surface area (Å²) < 4.78 is 5.96. The summed E-state index contributed by atoms with van der Waals surface area (Å²) in [6.45, 7) is 10.0. The van der Waals surface area contributed by atoms with Gasteiger partial charge in [0.25, 0.3) is 0 Å². The summed E-state index contributed by atoms with van der Waals surface area (Å²) in [4.78, 5) is 8.57. The number of nitrogens with zero attached hydrogens (tertiary/aromatic N) is 2. The Bertz CT molecular complexity index is 616.